The number of imidazole rings is 1. The first-order valence-corrected chi connectivity index (χ1v) is 10.0. The summed E-state index contributed by atoms with van der Waals surface area (Å²) in [5.74, 6) is 1.67. The van der Waals surface area contributed by atoms with Crippen LogP contribution in [0.1, 0.15) is 36.6 Å². The van der Waals surface area contributed by atoms with E-state index in [1.54, 1.807) is 7.11 Å². The second-order valence-electron chi connectivity index (χ2n) is 8.11. The van der Waals surface area contributed by atoms with Crippen LogP contribution in [0.5, 0.6) is 5.75 Å². The zero-order chi connectivity index (χ0) is 20.0. The number of carbonyl (C=O) groups is 2. The van der Waals surface area contributed by atoms with Gasteiger partial charge in [-0.05, 0) is 49.1 Å². The van der Waals surface area contributed by atoms with E-state index in [0.29, 0.717) is 6.42 Å². The Labute approximate surface area is 168 Å². The van der Waals surface area contributed by atoms with Crippen molar-refractivity contribution in [2.24, 2.45) is 5.92 Å². The third kappa shape index (κ3) is 3.39. The average molecular weight is 389 g/mol. The summed E-state index contributed by atoms with van der Waals surface area (Å²) in [5, 5.41) is 3.05. The van der Waals surface area contributed by atoms with Crippen molar-refractivity contribution in [3.63, 3.8) is 0 Å². The highest BCUT2D eigenvalue weighted by Gasteiger charge is 2.54. The van der Waals surface area contributed by atoms with Gasteiger partial charge < -0.3 is 15.0 Å². The Morgan fingerprint density at radius 2 is 1.93 bits per heavy atom. The maximum atomic E-state index is 12.8. The van der Waals surface area contributed by atoms with Crippen LogP contribution in [0.3, 0.4) is 0 Å². The Balaban J connectivity index is 1.21. The van der Waals surface area contributed by atoms with Crippen LogP contribution in [0, 0.1) is 5.92 Å². The van der Waals surface area contributed by atoms with E-state index in [1.807, 2.05) is 48.5 Å². The molecule has 0 spiro atoms. The summed E-state index contributed by atoms with van der Waals surface area (Å²) >= 11 is 0. The molecule has 0 radical (unpaired) electrons. The fraction of sp³-hybridized carbons (Fsp3) is 0.348. The number of nitrogens with one attached hydrogen (secondary N) is 2. The molecular formula is C23H23N3O3. The number of benzene rings is 2. The van der Waals surface area contributed by atoms with Crippen molar-refractivity contribution in [2.75, 3.05) is 7.11 Å². The summed E-state index contributed by atoms with van der Waals surface area (Å²) < 4.78 is 5.16. The van der Waals surface area contributed by atoms with Crippen LogP contribution in [-0.4, -0.2) is 34.3 Å². The number of rotatable bonds is 7. The maximum Gasteiger partial charge on any atom is 0.224 e. The van der Waals surface area contributed by atoms with Gasteiger partial charge in [0, 0.05) is 18.3 Å². The predicted molar refractivity (Wildman–Crippen MR) is 109 cm³/mol. The van der Waals surface area contributed by atoms with Crippen molar-refractivity contribution >= 4 is 22.7 Å². The van der Waals surface area contributed by atoms with Gasteiger partial charge in [-0.1, -0.05) is 24.3 Å². The molecule has 29 heavy (non-hydrogen) atoms. The number of H-pyrrole nitrogens is 1. The molecule has 1 heterocycles. The van der Waals surface area contributed by atoms with Gasteiger partial charge >= 0.3 is 0 Å². The summed E-state index contributed by atoms with van der Waals surface area (Å²) in [5.41, 5.74) is 2.16. The number of methoxy groups -OCH3 is 1. The molecule has 2 aliphatic carbocycles. The summed E-state index contributed by atoms with van der Waals surface area (Å²) in [4.78, 5) is 33.5. The Hall–Kier alpha value is -3.15. The van der Waals surface area contributed by atoms with E-state index in [-0.39, 0.29) is 23.5 Å². The molecule has 2 N–H and O–H groups in total. The smallest absolute Gasteiger partial charge is 0.224 e. The molecule has 2 fully saturated rings. The molecule has 1 amide bonds. The highest BCUT2D eigenvalue weighted by molar-refractivity contribution is 5.98. The average Bonchev–Trinajstić information content (AvgIpc) is 3.65. The molecule has 6 heteroatoms. The lowest BCUT2D eigenvalue weighted by molar-refractivity contribution is -0.129. The number of nitrogens with zero attached hydrogens (tertiary/aromatic N) is 1. The van der Waals surface area contributed by atoms with Crippen molar-refractivity contribution in [2.45, 2.75) is 37.1 Å². The molecule has 5 rings (SSSR count). The van der Waals surface area contributed by atoms with E-state index in [1.165, 1.54) is 0 Å². The summed E-state index contributed by atoms with van der Waals surface area (Å²) in [7, 11) is 1.62. The van der Waals surface area contributed by atoms with Crippen LogP contribution >= 0.6 is 0 Å². The summed E-state index contributed by atoms with van der Waals surface area (Å²) in [6, 6.07) is 15.4. The molecule has 0 aliphatic heterocycles. The van der Waals surface area contributed by atoms with Gasteiger partial charge in [-0.15, -0.1) is 0 Å². The SMILES string of the molecule is COc1ccc(CC(=O)C2(NC(=O)[C@H]3C[C@@H]3c3nc4ccccc4[nH]3)CC2)cc1. The molecule has 0 unspecified atom stereocenters. The third-order valence-corrected chi connectivity index (χ3v) is 6.06. The number of aromatic amines is 1. The number of hydrogen-bond donors (Lipinski definition) is 2. The first-order valence-electron chi connectivity index (χ1n) is 10.0. The van der Waals surface area contributed by atoms with Gasteiger partial charge in [0.2, 0.25) is 5.91 Å². The van der Waals surface area contributed by atoms with Gasteiger partial charge in [0.1, 0.15) is 11.6 Å². The number of hydrogen-bond acceptors (Lipinski definition) is 4. The molecule has 1 aromatic heterocycles. The molecule has 2 saturated carbocycles. The lowest BCUT2D eigenvalue weighted by Gasteiger charge is -2.16. The zero-order valence-corrected chi connectivity index (χ0v) is 16.3. The van der Waals surface area contributed by atoms with Crippen LogP contribution in [0.2, 0.25) is 0 Å². The van der Waals surface area contributed by atoms with E-state index in [0.717, 1.165) is 47.4 Å². The van der Waals surface area contributed by atoms with Crippen molar-refractivity contribution < 1.29 is 14.3 Å². The van der Waals surface area contributed by atoms with Gasteiger partial charge in [-0.25, -0.2) is 4.98 Å². The van der Waals surface area contributed by atoms with Crippen LogP contribution in [0.4, 0.5) is 0 Å². The normalized spacial score (nSPS) is 21.6. The second kappa shape index (κ2) is 6.72. The Morgan fingerprint density at radius 1 is 1.17 bits per heavy atom. The molecule has 2 aromatic carbocycles. The predicted octanol–water partition coefficient (Wildman–Crippen LogP) is 3.14. The van der Waals surface area contributed by atoms with E-state index < -0.39 is 5.54 Å². The first kappa shape index (κ1) is 17.9. The third-order valence-electron chi connectivity index (χ3n) is 6.06. The number of aromatic nitrogens is 2. The second-order valence-corrected chi connectivity index (χ2v) is 8.11. The standard InChI is InChI=1S/C23H23N3O3/c1-29-15-8-6-14(7-9-15)12-20(27)23(10-11-23)26-22(28)17-13-16(17)21-24-18-4-2-3-5-19(18)25-21/h2-9,16-17H,10-13H2,1H3,(H,24,25)(H,26,28)/t16-,17-/m0/s1. The number of carbonyl (C=O) groups excluding carboxylic acids is 2. The molecular weight excluding hydrogens is 366 g/mol. The van der Waals surface area contributed by atoms with Crippen molar-refractivity contribution in [3.05, 3.63) is 59.9 Å². The monoisotopic (exact) mass is 389 g/mol. The topological polar surface area (TPSA) is 84.1 Å². The summed E-state index contributed by atoms with van der Waals surface area (Å²) in [6.45, 7) is 0. The Bertz CT molecular complexity index is 1050. The highest BCUT2D eigenvalue weighted by atomic mass is 16.5. The lowest BCUT2D eigenvalue weighted by atomic mass is 10.0. The lowest BCUT2D eigenvalue weighted by Crippen LogP contribution is -2.44. The number of para-hydroxylation sites is 2. The van der Waals surface area contributed by atoms with Crippen LogP contribution < -0.4 is 10.1 Å². The number of ketones is 1. The first-order chi connectivity index (χ1) is 14.1. The fourth-order valence-electron chi connectivity index (χ4n) is 3.96. The molecule has 148 valence electrons. The van der Waals surface area contributed by atoms with E-state index in [4.69, 9.17) is 4.74 Å². The van der Waals surface area contributed by atoms with Gasteiger partial charge in [0.05, 0.1) is 23.7 Å². The minimum Gasteiger partial charge on any atom is -0.497 e. The largest absolute Gasteiger partial charge is 0.497 e. The van der Waals surface area contributed by atoms with Crippen LogP contribution in [-0.2, 0) is 16.0 Å². The maximum absolute atomic E-state index is 12.8. The fourth-order valence-corrected chi connectivity index (χ4v) is 3.96. The van der Waals surface area contributed by atoms with Crippen molar-refractivity contribution in [1.29, 1.82) is 0 Å². The number of ether oxygens (including phenoxy) is 1. The Morgan fingerprint density at radius 3 is 2.62 bits per heavy atom. The number of fused-ring (bicyclic) bond motifs is 1. The van der Waals surface area contributed by atoms with Gasteiger partial charge in [-0.3, -0.25) is 9.59 Å². The highest BCUT2D eigenvalue weighted by Crippen LogP contribution is 2.48. The quantitative estimate of drug-likeness (QED) is 0.650. The molecule has 0 bridgehead atoms. The van der Waals surface area contributed by atoms with Crippen LogP contribution in [0.15, 0.2) is 48.5 Å². The van der Waals surface area contributed by atoms with Gasteiger partial charge in [-0.2, -0.15) is 0 Å². The van der Waals surface area contributed by atoms with E-state index in [2.05, 4.69) is 15.3 Å². The van der Waals surface area contributed by atoms with Gasteiger partial charge in [0.15, 0.2) is 5.78 Å². The van der Waals surface area contributed by atoms with Gasteiger partial charge in [0.25, 0.3) is 0 Å². The molecule has 6 nitrogen and oxygen atoms in total. The van der Waals surface area contributed by atoms with Crippen molar-refractivity contribution in [3.8, 4) is 5.75 Å². The molecule has 2 aliphatic rings. The number of amides is 1. The molecule has 0 saturated heterocycles. The molecule has 2 atom stereocenters. The minimum atomic E-state index is -0.683. The summed E-state index contributed by atoms with van der Waals surface area (Å²) in [6.07, 6.45) is 2.53. The van der Waals surface area contributed by atoms with Crippen LogP contribution in [0.25, 0.3) is 11.0 Å². The number of Topliss-reactive ketones (excluding diaryl/α,β-unsaturated/α-hetero) is 1. The Kier molecular flexibility index (Phi) is 4.15. The van der Waals surface area contributed by atoms with Crippen molar-refractivity contribution in [1.82, 2.24) is 15.3 Å². The van der Waals surface area contributed by atoms with E-state index in [9.17, 15) is 9.59 Å². The van der Waals surface area contributed by atoms with E-state index >= 15 is 0 Å². The molecule has 3 aromatic rings. The minimum absolute atomic E-state index is 0.0314. The zero-order valence-electron chi connectivity index (χ0n) is 16.3.